The van der Waals surface area contributed by atoms with Crippen LogP contribution in [-0.4, -0.2) is 38.8 Å². The Balaban J connectivity index is 2.21. The highest BCUT2D eigenvalue weighted by atomic mass is 32.2. The van der Waals surface area contributed by atoms with Gasteiger partial charge in [0.05, 0.1) is 4.90 Å². The van der Waals surface area contributed by atoms with Gasteiger partial charge in [-0.15, -0.1) is 0 Å². The van der Waals surface area contributed by atoms with Crippen LogP contribution in [0.3, 0.4) is 0 Å². The summed E-state index contributed by atoms with van der Waals surface area (Å²) in [4.78, 5) is 11.7. The second kappa shape index (κ2) is 6.58. The molecule has 2 rings (SSSR count). The number of benzene rings is 1. The van der Waals surface area contributed by atoms with Gasteiger partial charge in [0.1, 0.15) is 0 Å². The summed E-state index contributed by atoms with van der Waals surface area (Å²) in [6.45, 7) is 3.30. The summed E-state index contributed by atoms with van der Waals surface area (Å²) < 4.78 is 26.8. The molecular weight excluding hydrogens is 288 g/mol. The zero-order valence-electron chi connectivity index (χ0n) is 12.5. The number of sulfonamides is 1. The van der Waals surface area contributed by atoms with E-state index in [0.717, 1.165) is 19.3 Å². The Morgan fingerprint density at radius 1 is 1.19 bits per heavy atom. The van der Waals surface area contributed by atoms with E-state index in [9.17, 15) is 13.2 Å². The Bertz CT molecular complexity index is 596. The third kappa shape index (κ3) is 3.63. The Kier molecular flexibility index (Phi) is 5.00. The third-order valence-electron chi connectivity index (χ3n) is 3.96. The summed E-state index contributed by atoms with van der Waals surface area (Å²) >= 11 is 0. The molecule has 21 heavy (non-hydrogen) atoms. The monoisotopic (exact) mass is 310 g/mol. The maximum Gasteiger partial charge on any atom is 0.251 e. The van der Waals surface area contributed by atoms with Crippen molar-refractivity contribution in [2.75, 3.05) is 20.1 Å². The van der Waals surface area contributed by atoms with Gasteiger partial charge in [-0.3, -0.25) is 4.79 Å². The number of carbonyl (C=O) groups is 1. The van der Waals surface area contributed by atoms with E-state index in [2.05, 4.69) is 12.2 Å². The number of amides is 1. The first-order valence-corrected chi connectivity index (χ1v) is 8.71. The number of nitrogens with one attached hydrogen (secondary N) is 1. The average Bonchev–Trinajstić information content (AvgIpc) is 2.71. The smallest absolute Gasteiger partial charge is 0.251 e. The SMILES string of the molecule is CNC(=O)c1ccc(S(=O)(=O)N2CCC[C@H](C)CC2)cc1. The summed E-state index contributed by atoms with van der Waals surface area (Å²) in [5.74, 6) is 0.350. The molecule has 0 aromatic heterocycles. The molecule has 1 aromatic rings. The van der Waals surface area contributed by atoms with Crippen LogP contribution in [0.15, 0.2) is 29.2 Å². The Labute approximate surface area is 126 Å². The van der Waals surface area contributed by atoms with Gasteiger partial charge in [0.25, 0.3) is 5.91 Å². The van der Waals surface area contributed by atoms with Crippen molar-refractivity contribution < 1.29 is 13.2 Å². The zero-order chi connectivity index (χ0) is 15.5. The molecule has 1 atom stereocenters. The number of carbonyl (C=O) groups excluding carboxylic acids is 1. The molecule has 0 radical (unpaired) electrons. The highest BCUT2D eigenvalue weighted by molar-refractivity contribution is 7.89. The van der Waals surface area contributed by atoms with Gasteiger partial charge in [-0.25, -0.2) is 8.42 Å². The number of hydrogen-bond donors (Lipinski definition) is 1. The minimum absolute atomic E-state index is 0.220. The molecule has 1 aliphatic heterocycles. The van der Waals surface area contributed by atoms with Crippen LogP contribution in [0, 0.1) is 5.92 Å². The fourth-order valence-corrected chi connectivity index (χ4v) is 4.04. The lowest BCUT2D eigenvalue weighted by molar-refractivity contribution is 0.0963. The Morgan fingerprint density at radius 3 is 2.48 bits per heavy atom. The van der Waals surface area contributed by atoms with Gasteiger partial charge in [-0.05, 0) is 49.4 Å². The first-order chi connectivity index (χ1) is 9.95. The van der Waals surface area contributed by atoms with E-state index < -0.39 is 10.0 Å². The van der Waals surface area contributed by atoms with E-state index >= 15 is 0 Å². The molecule has 0 unspecified atom stereocenters. The van der Waals surface area contributed by atoms with Gasteiger partial charge >= 0.3 is 0 Å². The molecule has 6 heteroatoms. The van der Waals surface area contributed by atoms with Crippen molar-refractivity contribution >= 4 is 15.9 Å². The third-order valence-corrected chi connectivity index (χ3v) is 5.87. The van der Waals surface area contributed by atoms with Crippen LogP contribution in [0.25, 0.3) is 0 Å². The molecule has 1 amide bonds. The van der Waals surface area contributed by atoms with Crippen LogP contribution in [-0.2, 0) is 10.0 Å². The zero-order valence-corrected chi connectivity index (χ0v) is 13.3. The molecule has 0 saturated carbocycles. The first-order valence-electron chi connectivity index (χ1n) is 7.27. The molecule has 1 heterocycles. The highest BCUT2D eigenvalue weighted by Gasteiger charge is 2.26. The van der Waals surface area contributed by atoms with Crippen LogP contribution in [0.2, 0.25) is 0 Å². The predicted molar refractivity (Wildman–Crippen MR) is 81.6 cm³/mol. The normalized spacial score (nSPS) is 20.8. The fourth-order valence-electron chi connectivity index (χ4n) is 2.55. The van der Waals surface area contributed by atoms with E-state index in [1.807, 2.05) is 0 Å². The van der Waals surface area contributed by atoms with Gasteiger partial charge in [0.2, 0.25) is 10.0 Å². The van der Waals surface area contributed by atoms with E-state index in [-0.39, 0.29) is 10.8 Å². The number of rotatable bonds is 3. The minimum atomic E-state index is -3.46. The lowest BCUT2D eigenvalue weighted by Crippen LogP contribution is -2.32. The summed E-state index contributed by atoms with van der Waals surface area (Å²) in [6.07, 6.45) is 2.87. The predicted octanol–water partition coefficient (Wildman–Crippen LogP) is 1.86. The molecule has 0 bridgehead atoms. The van der Waals surface area contributed by atoms with Crippen molar-refractivity contribution in [3.8, 4) is 0 Å². The largest absolute Gasteiger partial charge is 0.355 e. The molecular formula is C15H22N2O3S. The van der Waals surface area contributed by atoms with Gasteiger partial charge < -0.3 is 5.32 Å². The van der Waals surface area contributed by atoms with E-state index in [4.69, 9.17) is 0 Å². The summed E-state index contributed by atoms with van der Waals surface area (Å²) in [5, 5.41) is 2.52. The standard InChI is InChI=1S/C15H22N2O3S/c1-12-4-3-10-17(11-9-12)21(19,20)14-7-5-13(6-8-14)15(18)16-2/h5-8,12H,3-4,9-11H2,1-2H3,(H,16,18)/t12-/m0/s1. The Hall–Kier alpha value is -1.40. The average molecular weight is 310 g/mol. The Morgan fingerprint density at radius 2 is 1.86 bits per heavy atom. The molecule has 1 saturated heterocycles. The summed E-state index contributed by atoms with van der Waals surface area (Å²) in [6, 6.07) is 6.11. The van der Waals surface area contributed by atoms with Crippen molar-refractivity contribution in [1.29, 1.82) is 0 Å². The van der Waals surface area contributed by atoms with Crippen molar-refractivity contribution in [3.05, 3.63) is 29.8 Å². The van der Waals surface area contributed by atoms with Crippen LogP contribution < -0.4 is 5.32 Å². The topological polar surface area (TPSA) is 66.5 Å². The molecule has 1 fully saturated rings. The maximum atomic E-state index is 12.6. The quantitative estimate of drug-likeness (QED) is 0.926. The molecule has 1 aromatic carbocycles. The molecule has 0 spiro atoms. The van der Waals surface area contributed by atoms with Gasteiger partial charge in [-0.1, -0.05) is 6.92 Å². The lowest BCUT2D eigenvalue weighted by atomic mass is 10.0. The van der Waals surface area contributed by atoms with E-state index in [1.165, 1.54) is 12.1 Å². The molecule has 5 nitrogen and oxygen atoms in total. The van der Waals surface area contributed by atoms with E-state index in [1.54, 1.807) is 23.5 Å². The van der Waals surface area contributed by atoms with E-state index in [0.29, 0.717) is 24.6 Å². The molecule has 1 aliphatic rings. The number of nitrogens with zero attached hydrogens (tertiary/aromatic N) is 1. The molecule has 116 valence electrons. The van der Waals surface area contributed by atoms with Gasteiger partial charge in [0.15, 0.2) is 0 Å². The summed E-state index contributed by atoms with van der Waals surface area (Å²) in [5.41, 5.74) is 0.459. The maximum absolute atomic E-state index is 12.6. The van der Waals surface area contributed by atoms with Gasteiger partial charge in [-0.2, -0.15) is 4.31 Å². The van der Waals surface area contributed by atoms with Crippen LogP contribution in [0.4, 0.5) is 0 Å². The van der Waals surface area contributed by atoms with Crippen molar-refractivity contribution in [1.82, 2.24) is 9.62 Å². The van der Waals surface area contributed by atoms with Crippen molar-refractivity contribution in [2.45, 2.75) is 31.1 Å². The molecule has 0 aliphatic carbocycles. The first kappa shape index (κ1) is 16.0. The lowest BCUT2D eigenvalue weighted by Gasteiger charge is -2.20. The van der Waals surface area contributed by atoms with Crippen LogP contribution in [0.1, 0.15) is 36.5 Å². The van der Waals surface area contributed by atoms with Crippen molar-refractivity contribution in [2.24, 2.45) is 5.92 Å². The summed E-state index contributed by atoms with van der Waals surface area (Å²) in [7, 11) is -1.91. The van der Waals surface area contributed by atoms with Crippen LogP contribution in [0.5, 0.6) is 0 Å². The van der Waals surface area contributed by atoms with Crippen molar-refractivity contribution in [3.63, 3.8) is 0 Å². The number of hydrogen-bond acceptors (Lipinski definition) is 3. The molecule has 1 N–H and O–H groups in total. The van der Waals surface area contributed by atoms with Crippen LogP contribution >= 0.6 is 0 Å². The second-order valence-corrected chi connectivity index (χ2v) is 7.48. The fraction of sp³-hybridized carbons (Fsp3) is 0.533. The van der Waals surface area contributed by atoms with Gasteiger partial charge in [0, 0.05) is 25.7 Å². The highest BCUT2D eigenvalue weighted by Crippen LogP contribution is 2.23. The second-order valence-electron chi connectivity index (χ2n) is 5.54. The minimum Gasteiger partial charge on any atom is -0.355 e.